The summed E-state index contributed by atoms with van der Waals surface area (Å²) in [7, 11) is -2.16. The molecule has 0 bridgehead atoms. The van der Waals surface area contributed by atoms with E-state index < -0.39 is 15.9 Å². The number of halogens is 2. The first-order valence-electron chi connectivity index (χ1n) is 11.3. The van der Waals surface area contributed by atoms with Crippen molar-refractivity contribution >= 4 is 44.8 Å². The Bertz CT molecular complexity index is 1230. The minimum absolute atomic E-state index is 0.129. The van der Waals surface area contributed by atoms with Gasteiger partial charge in [0.1, 0.15) is 0 Å². The van der Waals surface area contributed by atoms with E-state index in [1.807, 2.05) is 30.3 Å². The van der Waals surface area contributed by atoms with Crippen LogP contribution >= 0.6 is 23.2 Å². The van der Waals surface area contributed by atoms with Gasteiger partial charge in [-0.15, -0.1) is 0 Å². The second kappa shape index (κ2) is 12.4. The normalized spacial score (nSPS) is 11.5. The highest BCUT2D eigenvalue weighted by Gasteiger charge is 2.21. The number of sulfonamides is 1. The number of carbonyl (C=O) groups is 1. The minimum atomic E-state index is -3.69. The number of hydrogen-bond acceptors (Lipinski definition) is 4. The molecule has 0 radical (unpaired) electrons. The molecule has 3 rings (SSSR count). The number of amides is 1. The predicted molar refractivity (Wildman–Crippen MR) is 141 cm³/mol. The largest absolute Gasteiger partial charge is 0.490 e. The van der Waals surface area contributed by atoms with E-state index in [-0.39, 0.29) is 27.0 Å². The third-order valence-corrected chi connectivity index (χ3v) is 7.70. The molecule has 3 aromatic rings. The van der Waals surface area contributed by atoms with Crippen LogP contribution in [0.1, 0.15) is 42.1 Å². The van der Waals surface area contributed by atoms with Gasteiger partial charge in [0.15, 0.2) is 5.75 Å². The van der Waals surface area contributed by atoms with E-state index in [1.165, 1.54) is 47.8 Å². The van der Waals surface area contributed by atoms with Crippen molar-refractivity contribution in [3.8, 4) is 5.75 Å². The average molecular weight is 535 g/mol. The summed E-state index contributed by atoms with van der Waals surface area (Å²) in [6.07, 6.45) is 3.00. The van der Waals surface area contributed by atoms with Gasteiger partial charge in [-0.05, 0) is 48.4 Å². The Hall–Kier alpha value is -2.58. The van der Waals surface area contributed by atoms with Crippen LogP contribution in [0.2, 0.25) is 10.0 Å². The second-order valence-corrected chi connectivity index (χ2v) is 10.9. The summed E-state index contributed by atoms with van der Waals surface area (Å²) >= 11 is 12.6. The molecule has 0 heterocycles. The lowest BCUT2D eigenvalue weighted by molar-refractivity contribution is 0.102. The number of carbonyl (C=O) groups excluding carboxylic acids is 1. The maximum atomic E-state index is 12.9. The quantitative estimate of drug-likeness (QED) is 0.280. The number of hydrogen-bond donors (Lipinski definition) is 1. The molecule has 0 aliphatic carbocycles. The number of nitrogens with one attached hydrogen (secondary N) is 1. The average Bonchev–Trinajstić information content (AvgIpc) is 2.84. The van der Waals surface area contributed by atoms with Crippen LogP contribution in [0, 0.1) is 0 Å². The molecule has 3 aromatic carbocycles. The molecule has 1 amide bonds. The Morgan fingerprint density at radius 1 is 0.971 bits per heavy atom. The van der Waals surface area contributed by atoms with Gasteiger partial charge >= 0.3 is 0 Å². The number of ether oxygens (including phenoxy) is 1. The first-order chi connectivity index (χ1) is 16.7. The molecule has 0 spiro atoms. The molecule has 9 heteroatoms. The summed E-state index contributed by atoms with van der Waals surface area (Å²) in [6.45, 7) is 2.85. The van der Waals surface area contributed by atoms with Crippen molar-refractivity contribution in [3.05, 3.63) is 87.9 Å². The summed E-state index contributed by atoms with van der Waals surface area (Å²) in [5.74, 6) is -0.0710. The second-order valence-electron chi connectivity index (χ2n) is 8.05. The van der Waals surface area contributed by atoms with Crippen LogP contribution in [-0.4, -0.2) is 32.3 Å². The third kappa shape index (κ3) is 7.21. The van der Waals surface area contributed by atoms with E-state index in [4.69, 9.17) is 27.9 Å². The topological polar surface area (TPSA) is 75.7 Å². The fraction of sp³-hybridized carbons (Fsp3) is 0.269. The molecule has 0 saturated heterocycles. The molecule has 0 aliphatic heterocycles. The highest BCUT2D eigenvalue weighted by molar-refractivity contribution is 7.89. The first kappa shape index (κ1) is 27.0. The molecule has 0 saturated carbocycles. The van der Waals surface area contributed by atoms with Crippen LogP contribution < -0.4 is 10.1 Å². The highest BCUT2D eigenvalue weighted by Crippen LogP contribution is 2.34. The highest BCUT2D eigenvalue weighted by atomic mass is 35.5. The van der Waals surface area contributed by atoms with E-state index in [9.17, 15) is 13.2 Å². The zero-order valence-corrected chi connectivity index (χ0v) is 22.0. The van der Waals surface area contributed by atoms with Crippen molar-refractivity contribution in [3.63, 3.8) is 0 Å². The number of rotatable bonds is 11. The summed E-state index contributed by atoms with van der Waals surface area (Å²) in [5.41, 5.74) is 1.59. The Morgan fingerprint density at radius 3 is 2.20 bits per heavy atom. The van der Waals surface area contributed by atoms with Crippen molar-refractivity contribution < 1.29 is 17.9 Å². The molecular weight excluding hydrogens is 507 g/mol. The SMILES string of the molecule is CCCCCOc1c(Cl)cc(C(=O)Nc2ccc(S(=O)(=O)N(C)Cc3ccccc3)cc2)cc1Cl. The third-order valence-electron chi connectivity index (χ3n) is 5.32. The van der Waals surface area contributed by atoms with Gasteiger partial charge in [0.25, 0.3) is 5.91 Å². The molecule has 0 aromatic heterocycles. The molecule has 0 atom stereocenters. The van der Waals surface area contributed by atoms with Crippen LogP contribution in [-0.2, 0) is 16.6 Å². The van der Waals surface area contributed by atoms with Gasteiger partial charge in [-0.1, -0.05) is 73.3 Å². The number of anilines is 1. The minimum Gasteiger partial charge on any atom is -0.490 e. The molecule has 35 heavy (non-hydrogen) atoms. The van der Waals surface area contributed by atoms with Gasteiger partial charge in [-0.2, -0.15) is 4.31 Å². The van der Waals surface area contributed by atoms with Gasteiger partial charge in [0.2, 0.25) is 10.0 Å². The zero-order chi connectivity index (χ0) is 25.4. The van der Waals surface area contributed by atoms with Crippen LogP contribution in [0.5, 0.6) is 5.75 Å². The van der Waals surface area contributed by atoms with Crippen molar-refractivity contribution in [2.24, 2.45) is 0 Å². The van der Waals surface area contributed by atoms with Crippen LogP contribution in [0.25, 0.3) is 0 Å². The van der Waals surface area contributed by atoms with E-state index in [1.54, 1.807) is 0 Å². The molecule has 0 aliphatic rings. The molecule has 186 valence electrons. The van der Waals surface area contributed by atoms with Crippen molar-refractivity contribution in [2.75, 3.05) is 19.0 Å². The van der Waals surface area contributed by atoms with E-state index in [2.05, 4.69) is 12.2 Å². The Kier molecular flexibility index (Phi) is 9.57. The molecule has 0 unspecified atom stereocenters. The van der Waals surface area contributed by atoms with Crippen molar-refractivity contribution in [1.29, 1.82) is 0 Å². The summed E-state index contributed by atoms with van der Waals surface area (Å²) in [6, 6.07) is 18.3. The van der Waals surface area contributed by atoms with Gasteiger partial charge in [-0.25, -0.2) is 8.42 Å². The lowest BCUT2D eigenvalue weighted by atomic mass is 10.2. The Labute approximate surface area is 216 Å². The molecule has 1 N–H and O–H groups in total. The lowest BCUT2D eigenvalue weighted by Gasteiger charge is -2.17. The fourth-order valence-corrected chi connectivity index (χ4v) is 5.13. The summed E-state index contributed by atoms with van der Waals surface area (Å²) in [4.78, 5) is 12.9. The van der Waals surface area contributed by atoms with Gasteiger partial charge in [-0.3, -0.25) is 4.79 Å². The standard InChI is InChI=1S/C26H28Cl2N2O4S/c1-3-4-8-15-34-25-23(27)16-20(17-24(25)28)26(31)29-21-11-13-22(14-12-21)35(32,33)30(2)18-19-9-6-5-7-10-19/h5-7,9-14,16-17H,3-4,8,15,18H2,1-2H3,(H,29,31). The predicted octanol–water partition coefficient (Wildman–Crippen LogP) is 6.64. The van der Waals surface area contributed by atoms with Crippen molar-refractivity contribution in [1.82, 2.24) is 4.31 Å². The monoisotopic (exact) mass is 534 g/mol. The summed E-state index contributed by atoms with van der Waals surface area (Å²) in [5, 5.41) is 3.24. The van der Waals surface area contributed by atoms with Gasteiger partial charge in [0.05, 0.1) is 21.5 Å². The maximum absolute atomic E-state index is 12.9. The van der Waals surface area contributed by atoms with Gasteiger partial charge in [0, 0.05) is 24.8 Å². The maximum Gasteiger partial charge on any atom is 0.255 e. The smallest absolute Gasteiger partial charge is 0.255 e. The van der Waals surface area contributed by atoms with Gasteiger partial charge < -0.3 is 10.1 Å². The molecule has 6 nitrogen and oxygen atoms in total. The number of nitrogens with zero attached hydrogens (tertiary/aromatic N) is 1. The van der Waals surface area contributed by atoms with Crippen LogP contribution in [0.15, 0.2) is 71.6 Å². The zero-order valence-electron chi connectivity index (χ0n) is 19.6. The Balaban J connectivity index is 1.66. The first-order valence-corrected chi connectivity index (χ1v) is 13.5. The number of unbranched alkanes of at least 4 members (excludes halogenated alkanes) is 2. The fourth-order valence-electron chi connectivity index (χ4n) is 3.37. The summed E-state index contributed by atoms with van der Waals surface area (Å²) < 4.78 is 32.8. The number of benzene rings is 3. The van der Waals surface area contributed by atoms with Crippen molar-refractivity contribution in [2.45, 2.75) is 37.6 Å². The Morgan fingerprint density at radius 2 is 1.60 bits per heavy atom. The molecular formula is C26H28Cl2N2O4S. The van der Waals surface area contributed by atoms with E-state index in [0.717, 1.165) is 24.8 Å². The van der Waals surface area contributed by atoms with Crippen LogP contribution in [0.4, 0.5) is 5.69 Å². The van der Waals surface area contributed by atoms with Crippen LogP contribution in [0.3, 0.4) is 0 Å². The lowest BCUT2D eigenvalue weighted by Crippen LogP contribution is -2.26. The molecule has 0 fully saturated rings. The van der Waals surface area contributed by atoms with E-state index >= 15 is 0 Å². The van der Waals surface area contributed by atoms with E-state index in [0.29, 0.717) is 18.0 Å².